The van der Waals surface area contributed by atoms with E-state index in [0.717, 1.165) is 4.90 Å². The van der Waals surface area contributed by atoms with Crippen molar-refractivity contribution in [3.8, 4) is 0 Å². The Morgan fingerprint density at radius 2 is 1.89 bits per heavy atom. The molecule has 0 bridgehead atoms. The van der Waals surface area contributed by atoms with Gasteiger partial charge >= 0.3 is 0 Å². The Labute approximate surface area is 114 Å². The molecule has 0 radical (unpaired) electrons. The van der Waals surface area contributed by atoms with E-state index >= 15 is 0 Å². The molecule has 0 aromatic rings. The molecule has 108 valence electrons. The zero-order chi connectivity index (χ0) is 14.7. The molecule has 0 rings (SSSR count). The molecule has 1 N–H and O–H groups in total. The monoisotopic (exact) mass is 269 g/mol. The quantitative estimate of drug-likeness (QED) is 0.473. The molecule has 0 aliphatic carbocycles. The number of carbonyl (C=O) groups excluding carboxylic acids is 3. The van der Waals surface area contributed by atoms with Crippen molar-refractivity contribution >= 4 is 18.2 Å². The molecule has 0 saturated heterocycles. The molecule has 0 heterocycles. The third-order valence-electron chi connectivity index (χ3n) is 2.54. The Balaban J connectivity index is 3.99. The molecule has 19 heavy (non-hydrogen) atoms. The molecule has 0 atom stereocenters. The smallest absolute Gasteiger partial charge is 0.252 e. The molecular weight excluding hydrogens is 246 g/mol. The van der Waals surface area contributed by atoms with Gasteiger partial charge in [0.15, 0.2) is 0 Å². The lowest BCUT2D eigenvalue weighted by Crippen LogP contribution is -2.37. The van der Waals surface area contributed by atoms with Crippen molar-refractivity contribution in [2.24, 2.45) is 0 Å². The summed E-state index contributed by atoms with van der Waals surface area (Å²) < 4.78 is 0. The fraction of sp³-hybridized carbons (Fsp3) is 0.615. The lowest BCUT2D eigenvalue weighted by atomic mass is 10.3. The number of hydrogen-bond donors (Lipinski definition) is 1. The predicted molar refractivity (Wildman–Crippen MR) is 73.4 cm³/mol. The van der Waals surface area contributed by atoms with Crippen molar-refractivity contribution in [2.75, 3.05) is 33.2 Å². The number of hydrogen-bond acceptors (Lipinski definition) is 4. The maximum Gasteiger partial charge on any atom is 0.252 e. The van der Waals surface area contributed by atoms with Crippen LogP contribution >= 0.6 is 0 Å². The predicted octanol–water partition coefficient (Wildman–Crippen LogP) is 0.00550. The van der Waals surface area contributed by atoms with Gasteiger partial charge in [0.25, 0.3) is 5.91 Å². The highest BCUT2D eigenvalue weighted by Gasteiger charge is 2.10. The summed E-state index contributed by atoms with van der Waals surface area (Å²) >= 11 is 0. The van der Waals surface area contributed by atoms with E-state index in [1.54, 1.807) is 13.0 Å². The number of imide groups is 1. The van der Waals surface area contributed by atoms with Crippen LogP contribution in [-0.2, 0) is 14.4 Å². The minimum atomic E-state index is -0.324. The second kappa shape index (κ2) is 10.3. The van der Waals surface area contributed by atoms with Crippen molar-refractivity contribution in [1.29, 1.82) is 0 Å². The van der Waals surface area contributed by atoms with E-state index in [1.807, 2.05) is 18.9 Å². The normalized spacial score (nSPS) is 10.7. The second-order valence-electron chi connectivity index (χ2n) is 4.14. The number of nitrogens with one attached hydrogen (secondary N) is 1. The molecule has 0 fully saturated rings. The molecule has 0 saturated carbocycles. The van der Waals surface area contributed by atoms with Gasteiger partial charge in [-0.15, -0.1) is 0 Å². The molecule has 0 unspecified atom stereocenters. The molecular formula is C13H23N3O3. The van der Waals surface area contributed by atoms with Crippen LogP contribution in [-0.4, -0.2) is 61.3 Å². The largest absolute Gasteiger partial charge is 0.356 e. The van der Waals surface area contributed by atoms with Gasteiger partial charge in [-0.1, -0.05) is 6.08 Å². The minimum absolute atomic E-state index is 0.00610. The average molecular weight is 269 g/mol. The van der Waals surface area contributed by atoms with Crippen molar-refractivity contribution in [2.45, 2.75) is 20.3 Å². The van der Waals surface area contributed by atoms with Gasteiger partial charge in [0, 0.05) is 32.6 Å². The lowest BCUT2D eigenvalue weighted by Gasteiger charge is -2.20. The summed E-state index contributed by atoms with van der Waals surface area (Å²) in [7, 11) is 1.85. The lowest BCUT2D eigenvalue weighted by molar-refractivity contribution is -0.134. The number of amides is 3. The van der Waals surface area contributed by atoms with E-state index in [-0.39, 0.29) is 11.8 Å². The first-order valence-electron chi connectivity index (χ1n) is 6.39. The van der Waals surface area contributed by atoms with Crippen LogP contribution in [0.25, 0.3) is 0 Å². The minimum Gasteiger partial charge on any atom is -0.356 e. The van der Waals surface area contributed by atoms with E-state index in [0.29, 0.717) is 39.0 Å². The number of nitrogens with zero attached hydrogens (tertiary/aromatic N) is 2. The maximum absolute atomic E-state index is 11.5. The van der Waals surface area contributed by atoms with E-state index in [1.165, 1.54) is 6.08 Å². The van der Waals surface area contributed by atoms with Crippen molar-refractivity contribution in [3.05, 3.63) is 12.2 Å². The van der Waals surface area contributed by atoms with Gasteiger partial charge in [0.1, 0.15) is 0 Å². The third kappa shape index (κ3) is 8.10. The molecule has 0 spiro atoms. The van der Waals surface area contributed by atoms with Gasteiger partial charge in [-0.25, -0.2) is 0 Å². The van der Waals surface area contributed by atoms with Crippen molar-refractivity contribution in [1.82, 2.24) is 15.1 Å². The molecule has 6 nitrogen and oxygen atoms in total. The maximum atomic E-state index is 11.5. The fourth-order valence-corrected chi connectivity index (χ4v) is 1.42. The van der Waals surface area contributed by atoms with Gasteiger partial charge in [0.05, 0.1) is 0 Å². The molecule has 0 aromatic heterocycles. The highest BCUT2D eigenvalue weighted by molar-refractivity contribution is 5.94. The van der Waals surface area contributed by atoms with Crippen LogP contribution in [0.4, 0.5) is 0 Å². The summed E-state index contributed by atoms with van der Waals surface area (Å²) in [6.07, 6.45) is 3.88. The van der Waals surface area contributed by atoms with Crippen LogP contribution < -0.4 is 5.32 Å². The first-order valence-corrected chi connectivity index (χ1v) is 6.39. The Morgan fingerprint density at radius 1 is 1.21 bits per heavy atom. The zero-order valence-corrected chi connectivity index (χ0v) is 11.9. The first kappa shape index (κ1) is 17.3. The number of allylic oxidation sites excluding steroid dienone is 1. The topological polar surface area (TPSA) is 69.7 Å². The van der Waals surface area contributed by atoms with Crippen molar-refractivity contribution < 1.29 is 14.4 Å². The van der Waals surface area contributed by atoms with Crippen LogP contribution in [0.2, 0.25) is 0 Å². The van der Waals surface area contributed by atoms with Gasteiger partial charge in [0.2, 0.25) is 12.3 Å². The van der Waals surface area contributed by atoms with Crippen LogP contribution in [0.3, 0.4) is 0 Å². The highest BCUT2D eigenvalue weighted by Crippen LogP contribution is 1.92. The Hall–Kier alpha value is -1.69. The molecule has 0 aromatic carbocycles. The van der Waals surface area contributed by atoms with Gasteiger partial charge in [-0.2, -0.15) is 0 Å². The molecule has 0 aliphatic rings. The summed E-state index contributed by atoms with van der Waals surface area (Å²) in [5.74, 6) is -0.318. The number of carbonyl (C=O) groups is 3. The summed E-state index contributed by atoms with van der Waals surface area (Å²) in [5, 5.41) is 2.72. The second-order valence-corrected chi connectivity index (χ2v) is 4.14. The number of rotatable bonds is 9. The van der Waals surface area contributed by atoms with Gasteiger partial charge < -0.3 is 10.2 Å². The highest BCUT2D eigenvalue weighted by atomic mass is 16.2. The standard InChI is InChI=1S/C13H23N3O3/c1-4-6-13(19)16(11-17)10-9-15(3)8-7-12(18)14-5-2/h4,6,11H,5,7-10H2,1-3H3,(H,14,18)/b6-4-. The van der Waals surface area contributed by atoms with Crippen LogP contribution in [0.15, 0.2) is 12.2 Å². The number of likely N-dealkylation sites (N-methyl/N-ethyl adjacent to an activating group) is 1. The van der Waals surface area contributed by atoms with E-state index < -0.39 is 0 Å². The van der Waals surface area contributed by atoms with Crippen LogP contribution in [0.5, 0.6) is 0 Å². The van der Waals surface area contributed by atoms with Gasteiger partial charge in [-0.3, -0.25) is 19.3 Å². The third-order valence-corrected chi connectivity index (χ3v) is 2.54. The van der Waals surface area contributed by atoms with Crippen molar-refractivity contribution in [3.63, 3.8) is 0 Å². The van der Waals surface area contributed by atoms with Crippen LogP contribution in [0.1, 0.15) is 20.3 Å². The van der Waals surface area contributed by atoms with Gasteiger partial charge in [-0.05, 0) is 27.0 Å². The fourth-order valence-electron chi connectivity index (χ4n) is 1.42. The summed E-state index contributed by atoms with van der Waals surface area (Å²) in [6, 6.07) is 0. The van der Waals surface area contributed by atoms with E-state index in [2.05, 4.69) is 5.32 Å². The molecule has 3 amide bonds. The molecule has 0 aliphatic heterocycles. The Morgan fingerprint density at radius 3 is 2.42 bits per heavy atom. The Kier molecular flexibility index (Phi) is 9.34. The molecule has 6 heteroatoms. The summed E-state index contributed by atoms with van der Waals surface area (Å²) in [6.45, 7) is 5.67. The Bertz CT molecular complexity index is 329. The summed E-state index contributed by atoms with van der Waals surface area (Å²) in [5.41, 5.74) is 0. The van der Waals surface area contributed by atoms with Crippen LogP contribution in [0, 0.1) is 0 Å². The zero-order valence-electron chi connectivity index (χ0n) is 11.9. The summed E-state index contributed by atoms with van der Waals surface area (Å²) in [4.78, 5) is 36.5. The first-order chi connectivity index (χ1) is 9.04. The van der Waals surface area contributed by atoms with E-state index in [9.17, 15) is 14.4 Å². The average Bonchev–Trinajstić information content (AvgIpc) is 2.37. The SMILES string of the molecule is C/C=C\C(=O)N(C=O)CCN(C)CCC(=O)NCC. The van der Waals surface area contributed by atoms with E-state index in [4.69, 9.17) is 0 Å².